The summed E-state index contributed by atoms with van der Waals surface area (Å²) >= 11 is 5.91. The summed E-state index contributed by atoms with van der Waals surface area (Å²) in [5, 5.41) is 24.1. The highest BCUT2D eigenvalue weighted by molar-refractivity contribution is 8.26. The van der Waals surface area contributed by atoms with Gasteiger partial charge in [-0.15, -0.1) is 0 Å². The Balaban J connectivity index is 2.24. The van der Waals surface area contributed by atoms with Gasteiger partial charge >= 0.3 is 13.8 Å². The van der Waals surface area contributed by atoms with Gasteiger partial charge in [0.25, 0.3) is 5.91 Å². The lowest BCUT2D eigenvalue weighted by Crippen LogP contribution is -2.46. The Bertz CT molecular complexity index is 1130. The van der Waals surface area contributed by atoms with Gasteiger partial charge in [-0.05, 0) is 13.0 Å². The minimum atomic E-state index is -4.85. The Labute approximate surface area is 215 Å². The Hall–Kier alpha value is -2.23. The molecular weight excluding hydrogens is 537 g/mol. The summed E-state index contributed by atoms with van der Waals surface area (Å²) in [5.74, 6) is -2.17. The summed E-state index contributed by atoms with van der Waals surface area (Å²) in [6.45, 7) is 3.28. The SMILES string of the molecule is Cc1ncc(COP(=O)(O)O)c(/C=C2\SC(=S)NC2=O)c1OC(=O)CCNC(=O)[C@H](O)C(C)(C)CO. The molecule has 36 heavy (non-hydrogen) atoms. The van der Waals surface area contributed by atoms with E-state index in [9.17, 15) is 29.2 Å². The van der Waals surface area contributed by atoms with Crippen molar-refractivity contribution in [3.05, 3.63) is 27.9 Å². The molecule has 2 rings (SSSR count). The van der Waals surface area contributed by atoms with Crippen LogP contribution in [0.5, 0.6) is 5.75 Å². The molecule has 198 valence electrons. The third-order valence-electron chi connectivity index (χ3n) is 4.88. The molecule has 1 fully saturated rings. The van der Waals surface area contributed by atoms with Crippen LogP contribution in [0.25, 0.3) is 6.08 Å². The van der Waals surface area contributed by atoms with Crippen LogP contribution in [-0.2, 0) is 30.1 Å². The molecule has 0 unspecified atom stereocenters. The van der Waals surface area contributed by atoms with Crippen molar-refractivity contribution in [1.29, 1.82) is 0 Å². The molecule has 2 heterocycles. The van der Waals surface area contributed by atoms with Gasteiger partial charge in [-0.25, -0.2) is 4.57 Å². The number of aryl methyl sites for hydroxylation is 1. The number of rotatable bonds is 11. The monoisotopic (exact) mass is 563 g/mol. The summed E-state index contributed by atoms with van der Waals surface area (Å²) in [7, 11) is -4.85. The van der Waals surface area contributed by atoms with E-state index in [0.29, 0.717) is 0 Å². The summed E-state index contributed by atoms with van der Waals surface area (Å²) in [5.41, 5.74) is -0.618. The van der Waals surface area contributed by atoms with Gasteiger partial charge in [-0.3, -0.25) is 23.9 Å². The van der Waals surface area contributed by atoms with E-state index in [1.54, 1.807) is 0 Å². The van der Waals surface area contributed by atoms with E-state index in [1.165, 1.54) is 33.0 Å². The van der Waals surface area contributed by atoms with Gasteiger partial charge in [-0.1, -0.05) is 37.8 Å². The molecule has 1 aromatic heterocycles. The van der Waals surface area contributed by atoms with Gasteiger partial charge in [0, 0.05) is 29.3 Å². The zero-order chi connectivity index (χ0) is 27.3. The van der Waals surface area contributed by atoms with Crippen LogP contribution in [0.4, 0.5) is 0 Å². The molecule has 0 radical (unpaired) electrons. The number of amides is 2. The fourth-order valence-corrected chi connectivity index (χ4v) is 4.08. The van der Waals surface area contributed by atoms with Crippen molar-refractivity contribution in [1.82, 2.24) is 15.6 Å². The molecular formula is C20H26N3O10PS2. The first kappa shape index (κ1) is 30.0. The fourth-order valence-electron chi connectivity index (χ4n) is 2.74. The van der Waals surface area contributed by atoms with E-state index in [1.807, 2.05) is 0 Å². The number of aromatic nitrogens is 1. The normalized spacial score (nSPS) is 16.1. The predicted molar refractivity (Wildman–Crippen MR) is 132 cm³/mol. The molecule has 1 saturated heterocycles. The van der Waals surface area contributed by atoms with E-state index < -0.39 is 50.3 Å². The molecule has 1 aliphatic rings. The van der Waals surface area contributed by atoms with Gasteiger partial charge in [0.05, 0.1) is 30.2 Å². The number of carbonyl (C=O) groups is 3. The van der Waals surface area contributed by atoms with Crippen molar-refractivity contribution in [2.24, 2.45) is 5.41 Å². The average Bonchev–Trinajstić information content (AvgIpc) is 3.10. The maximum absolute atomic E-state index is 12.5. The topological polar surface area (TPSA) is 205 Å². The van der Waals surface area contributed by atoms with Crippen molar-refractivity contribution in [3.63, 3.8) is 0 Å². The van der Waals surface area contributed by atoms with Crippen LogP contribution in [0, 0.1) is 12.3 Å². The van der Waals surface area contributed by atoms with Crippen LogP contribution in [0.3, 0.4) is 0 Å². The highest BCUT2D eigenvalue weighted by atomic mass is 32.2. The van der Waals surface area contributed by atoms with Crippen molar-refractivity contribution in [2.75, 3.05) is 13.2 Å². The number of aliphatic hydroxyl groups excluding tert-OH is 2. The molecule has 0 aromatic carbocycles. The molecule has 2 amide bonds. The first-order valence-electron chi connectivity index (χ1n) is 10.4. The average molecular weight is 564 g/mol. The van der Waals surface area contributed by atoms with E-state index in [2.05, 4.69) is 20.1 Å². The van der Waals surface area contributed by atoms with Crippen LogP contribution in [0.15, 0.2) is 11.1 Å². The zero-order valence-electron chi connectivity index (χ0n) is 19.5. The number of phosphoric ester groups is 1. The number of hydrogen-bond acceptors (Lipinski definition) is 11. The number of nitrogens with one attached hydrogen (secondary N) is 2. The molecule has 16 heteroatoms. The Morgan fingerprint density at radius 2 is 2.06 bits per heavy atom. The van der Waals surface area contributed by atoms with Crippen molar-refractivity contribution < 1.29 is 48.2 Å². The van der Waals surface area contributed by atoms with Crippen molar-refractivity contribution in [2.45, 2.75) is 39.9 Å². The maximum Gasteiger partial charge on any atom is 0.469 e. The van der Waals surface area contributed by atoms with Gasteiger partial charge in [0.2, 0.25) is 5.91 Å². The quantitative estimate of drug-likeness (QED) is 0.0927. The van der Waals surface area contributed by atoms with E-state index in [0.717, 1.165) is 11.8 Å². The second kappa shape index (κ2) is 12.3. The zero-order valence-corrected chi connectivity index (χ0v) is 22.0. The molecule has 1 aromatic rings. The number of aliphatic hydroxyl groups is 2. The number of esters is 1. The number of carbonyl (C=O) groups excluding carboxylic acids is 3. The second-order valence-electron chi connectivity index (χ2n) is 8.29. The third kappa shape index (κ3) is 8.42. The Kier molecular flexibility index (Phi) is 10.3. The summed E-state index contributed by atoms with van der Waals surface area (Å²) in [6.07, 6.45) is 0.782. The number of thioether (sulfide) groups is 1. The number of thiocarbonyl (C=S) groups is 1. The maximum atomic E-state index is 12.5. The largest absolute Gasteiger partial charge is 0.469 e. The predicted octanol–water partition coefficient (Wildman–Crippen LogP) is 0.279. The van der Waals surface area contributed by atoms with Crippen LogP contribution < -0.4 is 15.4 Å². The van der Waals surface area contributed by atoms with Crippen LogP contribution >= 0.6 is 31.8 Å². The third-order valence-corrected chi connectivity index (χ3v) is 6.51. The smallest absolute Gasteiger partial charge is 0.424 e. The second-order valence-corrected chi connectivity index (χ2v) is 11.3. The number of pyridine rings is 1. The molecule has 1 aliphatic heterocycles. The number of phosphoric acid groups is 1. The lowest BCUT2D eigenvalue weighted by Gasteiger charge is -2.27. The minimum absolute atomic E-state index is 0.0849. The lowest BCUT2D eigenvalue weighted by molar-refractivity contribution is -0.137. The van der Waals surface area contributed by atoms with Gasteiger partial charge in [0.15, 0.2) is 5.75 Å². The highest BCUT2D eigenvalue weighted by Crippen LogP contribution is 2.39. The standard InChI is InChI=1S/C20H26N3O10PS2/c1-10-15(33-14(25)4-5-21-18(28)16(26)20(2,3)9-24)12(6-13-17(27)23-19(35)36-13)11(7-22-10)8-32-34(29,30)31/h6-7,16,24,26H,4-5,8-9H2,1-3H3,(H,21,28)(H,23,27,35)(H2,29,30,31)/b13-6-/t16-/m0/s1. The molecule has 13 nitrogen and oxygen atoms in total. The lowest BCUT2D eigenvalue weighted by atomic mass is 9.87. The molecule has 0 aliphatic carbocycles. The summed E-state index contributed by atoms with van der Waals surface area (Å²) < 4.78 is 21.4. The molecule has 1 atom stereocenters. The fraction of sp³-hybridized carbons (Fsp3) is 0.450. The van der Waals surface area contributed by atoms with Crippen LogP contribution in [-0.4, -0.2) is 66.3 Å². The number of ether oxygens (including phenoxy) is 1. The van der Waals surface area contributed by atoms with E-state index >= 15 is 0 Å². The Morgan fingerprint density at radius 1 is 1.39 bits per heavy atom. The van der Waals surface area contributed by atoms with Crippen molar-refractivity contribution >= 4 is 60.0 Å². The van der Waals surface area contributed by atoms with Gasteiger partial charge < -0.3 is 35.4 Å². The van der Waals surface area contributed by atoms with Crippen molar-refractivity contribution in [3.8, 4) is 5.75 Å². The van der Waals surface area contributed by atoms with Crippen LogP contribution in [0.2, 0.25) is 0 Å². The van der Waals surface area contributed by atoms with E-state index in [4.69, 9.17) is 26.7 Å². The number of nitrogens with zero attached hydrogens (tertiary/aromatic N) is 1. The molecule has 0 bridgehead atoms. The Morgan fingerprint density at radius 3 is 2.61 bits per heavy atom. The van der Waals surface area contributed by atoms with Gasteiger partial charge in [-0.2, -0.15) is 0 Å². The minimum Gasteiger partial charge on any atom is -0.424 e. The summed E-state index contributed by atoms with van der Waals surface area (Å²) in [6, 6.07) is 0. The first-order valence-corrected chi connectivity index (χ1v) is 13.1. The molecule has 0 spiro atoms. The number of hydrogen-bond donors (Lipinski definition) is 6. The molecule has 6 N–H and O–H groups in total. The highest BCUT2D eigenvalue weighted by Gasteiger charge is 2.33. The van der Waals surface area contributed by atoms with E-state index in [-0.39, 0.29) is 44.8 Å². The summed E-state index contributed by atoms with van der Waals surface area (Å²) in [4.78, 5) is 59.1. The van der Waals surface area contributed by atoms with Gasteiger partial charge in [0.1, 0.15) is 10.4 Å². The van der Waals surface area contributed by atoms with Crippen LogP contribution in [0.1, 0.15) is 37.1 Å². The first-order chi connectivity index (χ1) is 16.6. The molecule has 0 saturated carbocycles.